The molecule has 1 aliphatic heterocycles. The Morgan fingerprint density at radius 1 is 1.15 bits per heavy atom. The Morgan fingerprint density at radius 2 is 1.85 bits per heavy atom. The fraction of sp³-hybridized carbons (Fsp3) is 0.346. The standard InChI is InChI=1S/C24H27N3O3.C2H4O2/c1-3-22-24(29)26(13-14-27(22)23(28)17-7-5-4-6-8-17)12-11-18-16-25-21-15-19(30-2)9-10-20(18)21;1-2(3)4/h4-10,15-16,22,25H,3,11-14H2,1-2H3;1H3,(H,3,4). The molecule has 0 saturated carbocycles. The molecule has 4 rings (SSSR count). The van der Waals surface area contributed by atoms with E-state index in [0.29, 0.717) is 31.6 Å². The summed E-state index contributed by atoms with van der Waals surface area (Å²) in [5.41, 5.74) is 2.84. The Balaban J connectivity index is 0.000000751. The molecule has 0 bridgehead atoms. The molecule has 0 spiro atoms. The van der Waals surface area contributed by atoms with Gasteiger partial charge in [0.2, 0.25) is 5.91 Å². The van der Waals surface area contributed by atoms with Crippen LogP contribution in [0.15, 0.2) is 54.7 Å². The summed E-state index contributed by atoms with van der Waals surface area (Å²) >= 11 is 0. The first-order chi connectivity index (χ1) is 16.3. The maximum Gasteiger partial charge on any atom is 0.300 e. The number of benzene rings is 2. The van der Waals surface area contributed by atoms with Crippen molar-refractivity contribution in [1.82, 2.24) is 14.8 Å². The van der Waals surface area contributed by atoms with E-state index in [1.165, 1.54) is 5.56 Å². The van der Waals surface area contributed by atoms with Gasteiger partial charge in [-0.3, -0.25) is 14.4 Å². The summed E-state index contributed by atoms with van der Waals surface area (Å²) in [6, 6.07) is 14.8. The summed E-state index contributed by atoms with van der Waals surface area (Å²) in [4.78, 5) is 41.9. The van der Waals surface area contributed by atoms with Crippen LogP contribution in [-0.2, 0) is 16.0 Å². The number of aromatic nitrogens is 1. The van der Waals surface area contributed by atoms with Crippen LogP contribution in [0.2, 0.25) is 0 Å². The Hall–Kier alpha value is -3.81. The SMILES string of the molecule is CC(=O)O.CCC1C(=O)N(CCc2c[nH]c3cc(OC)ccc23)CCN1C(=O)c1ccccc1. The molecular weight excluding hydrogens is 434 g/mol. The Kier molecular flexibility index (Phi) is 8.29. The van der Waals surface area contributed by atoms with E-state index in [1.54, 1.807) is 24.1 Å². The normalized spacial score (nSPS) is 15.6. The van der Waals surface area contributed by atoms with Crippen molar-refractivity contribution in [3.05, 3.63) is 65.9 Å². The maximum absolute atomic E-state index is 13.1. The number of hydrogen-bond donors (Lipinski definition) is 2. The second-order valence-corrected chi connectivity index (χ2v) is 8.11. The van der Waals surface area contributed by atoms with E-state index in [9.17, 15) is 9.59 Å². The van der Waals surface area contributed by atoms with Crippen LogP contribution in [0.4, 0.5) is 0 Å². The third-order valence-electron chi connectivity index (χ3n) is 5.88. The van der Waals surface area contributed by atoms with E-state index in [0.717, 1.165) is 30.0 Å². The molecule has 180 valence electrons. The zero-order chi connectivity index (χ0) is 24.7. The van der Waals surface area contributed by atoms with E-state index in [-0.39, 0.29) is 11.8 Å². The van der Waals surface area contributed by atoms with Gasteiger partial charge >= 0.3 is 0 Å². The predicted octanol–water partition coefficient (Wildman–Crippen LogP) is 3.57. The van der Waals surface area contributed by atoms with Gasteiger partial charge in [-0.05, 0) is 42.7 Å². The summed E-state index contributed by atoms with van der Waals surface area (Å²) in [7, 11) is 1.66. The minimum Gasteiger partial charge on any atom is -0.497 e. The van der Waals surface area contributed by atoms with Crippen molar-refractivity contribution in [3.8, 4) is 5.75 Å². The smallest absolute Gasteiger partial charge is 0.300 e. The molecule has 0 radical (unpaired) electrons. The van der Waals surface area contributed by atoms with Crippen LogP contribution in [0.5, 0.6) is 5.75 Å². The maximum atomic E-state index is 13.1. The molecule has 1 atom stereocenters. The summed E-state index contributed by atoms with van der Waals surface area (Å²) in [6.07, 6.45) is 3.38. The van der Waals surface area contributed by atoms with Gasteiger partial charge in [-0.25, -0.2) is 0 Å². The van der Waals surface area contributed by atoms with Crippen molar-refractivity contribution in [1.29, 1.82) is 0 Å². The number of H-pyrrole nitrogens is 1. The molecule has 0 aliphatic carbocycles. The lowest BCUT2D eigenvalue weighted by Gasteiger charge is -2.40. The predicted molar refractivity (Wildman–Crippen MR) is 130 cm³/mol. The van der Waals surface area contributed by atoms with Crippen LogP contribution >= 0.6 is 0 Å². The summed E-state index contributed by atoms with van der Waals surface area (Å²) in [6.45, 7) is 4.80. The van der Waals surface area contributed by atoms with Gasteiger partial charge in [0.1, 0.15) is 11.8 Å². The number of aromatic amines is 1. The lowest BCUT2D eigenvalue weighted by Crippen LogP contribution is -2.58. The molecule has 2 aromatic carbocycles. The Labute approximate surface area is 199 Å². The molecule has 2 heterocycles. The molecule has 2 amide bonds. The van der Waals surface area contributed by atoms with E-state index in [4.69, 9.17) is 14.6 Å². The number of nitrogens with zero attached hydrogens (tertiary/aromatic N) is 2. The van der Waals surface area contributed by atoms with E-state index >= 15 is 0 Å². The Bertz CT molecular complexity index is 1140. The lowest BCUT2D eigenvalue weighted by molar-refractivity contribution is -0.140. The van der Waals surface area contributed by atoms with Crippen LogP contribution in [0.3, 0.4) is 0 Å². The topological polar surface area (TPSA) is 103 Å². The number of piperazine rings is 1. The second kappa shape index (κ2) is 11.4. The Morgan fingerprint density at radius 3 is 2.50 bits per heavy atom. The molecule has 1 aromatic heterocycles. The highest BCUT2D eigenvalue weighted by atomic mass is 16.5. The van der Waals surface area contributed by atoms with Crippen LogP contribution in [-0.4, -0.2) is 70.5 Å². The number of carboxylic acid groups (broad SMARTS) is 1. The second-order valence-electron chi connectivity index (χ2n) is 8.11. The highest BCUT2D eigenvalue weighted by Gasteiger charge is 2.36. The van der Waals surface area contributed by atoms with Crippen molar-refractivity contribution in [3.63, 3.8) is 0 Å². The average Bonchev–Trinajstić information content (AvgIpc) is 3.25. The number of hydrogen-bond acceptors (Lipinski definition) is 4. The number of amides is 2. The van der Waals surface area contributed by atoms with Crippen molar-refractivity contribution in [2.45, 2.75) is 32.7 Å². The zero-order valence-corrected chi connectivity index (χ0v) is 19.8. The van der Waals surface area contributed by atoms with E-state index in [2.05, 4.69) is 4.98 Å². The number of nitrogens with one attached hydrogen (secondary N) is 1. The summed E-state index contributed by atoms with van der Waals surface area (Å²) < 4.78 is 5.28. The van der Waals surface area contributed by atoms with Gasteiger partial charge in [-0.1, -0.05) is 25.1 Å². The number of aliphatic carboxylic acids is 1. The first kappa shape index (κ1) is 24.8. The number of ether oxygens (including phenoxy) is 1. The molecule has 3 aromatic rings. The molecule has 1 saturated heterocycles. The van der Waals surface area contributed by atoms with Gasteiger partial charge in [-0.2, -0.15) is 0 Å². The number of fused-ring (bicyclic) bond motifs is 1. The van der Waals surface area contributed by atoms with Crippen LogP contribution in [0.25, 0.3) is 10.9 Å². The van der Waals surface area contributed by atoms with Crippen LogP contribution in [0.1, 0.15) is 36.2 Å². The van der Waals surface area contributed by atoms with Crippen LogP contribution in [0, 0.1) is 0 Å². The summed E-state index contributed by atoms with van der Waals surface area (Å²) in [5.74, 6) is -0.0494. The highest BCUT2D eigenvalue weighted by molar-refractivity contribution is 5.98. The summed E-state index contributed by atoms with van der Waals surface area (Å²) in [5, 5.41) is 8.56. The number of rotatable bonds is 6. The highest BCUT2D eigenvalue weighted by Crippen LogP contribution is 2.24. The molecule has 8 heteroatoms. The number of methoxy groups -OCH3 is 1. The van der Waals surface area contributed by atoms with Gasteiger partial charge in [0.25, 0.3) is 11.9 Å². The molecular formula is C26H31N3O5. The van der Waals surface area contributed by atoms with Crippen molar-refractivity contribution < 1.29 is 24.2 Å². The fourth-order valence-corrected chi connectivity index (χ4v) is 4.20. The molecule has 8 nitrogen and oxygen atoms in total. The number of carbonyl (C=O) groups is 3. The van der Waals surface area contributed by atoms with Gasteiger partial charge < -0.3 is 24.6 Å². The third-order valence-corrected chi connectivity index (χ3v) is 5.88. The average molecular weight is 466 g/mol. The lowest BCUT2D eigenvalue weighted by atomic mass is 10.0. The van der Waals surface area contributed by atoms with Crippen molar-refractivity contribution in [2.24, 2.45) is 0 Å². The largest absolute Gasteiger partial charge is 0.497 e. The van der Waals surface area contributed by atoms with E-state index < -0.39 is 12.0 Å². The number of carboxylic acids is 1. The van der Waals surface area contributed by atoms with E-state index in [1.807, 2.05) is 54.4 Å². The van der Waals surface area contributed by atoms with Gasteiger partial charge in [-0.15, -0.1) is 0 Å². The van der Waals surface area contributed by atoms with Crippen molar-refractivity contribution in [2.75, 3.05) is 26.7 Å². The first-order valence-corrected chi connectivity index (χ1v) is 11.3. The van der Waals surface area contributed by atoms with Crippen LogP contribution < -0.4 is 4.74 Å². The quantitative estimate of drug-likeness (QED) is 0.579. The fourth-order valence-electron chi connectivity index (χ4n) is 4.20. The first-order valence-electron chi connectivity index (χ1n) is 11.3. The molecule has 1 unspecified atom stereocenters. The minimum atomic E-state index is -0.833. The molecule has 34 heavy (non-hydrogen) atoms. The zero-order valence-electron chi connectivity index (χ0n) is 19.8. The molecule has 1 aliphatic rings. The van der Waals surface area contributed by atoms with Gasteiger partial charge in [0, 0.05) is 55.3 Å². The molecule has 2 N–H and O–H groups in total. The third kappa shape index (κ3) is 5.75. The minimum absolute atomic E-state index is 0.0366. The van der Waals surface area contributed by atoms with Gasteiger partial charge in [0.05, 0.1) is 7.11 Å². The monoisotopic (exact) mass is 465 g/mol. The molecule has 1 fully saturated rings. The number of carbonyl (C=O) groups excluding carboxylic acids is 2. The van der Waals surface area contributed by atoms with Gasteiger partial charge in [0.15, 0.2) is 0 Å². The van der Waals surface area contributed by atoms with Crippen molar-refractivity contribution >= 4 is 28.7 Å².